The van der Waals surface area contributed by atoms with Crippen LogP contribution < -0.4 is 0 Å². The zero-order valence-electron chi connectivity index (χ0n) is 10.9. The molecule has 0 radical (unpaired) electrons. The summed E-state index contributed by atoms with van der Waals surface area (Å²) in [7, 11) is 1.35. The van der Waals surface area contributed by atoms with Crippen LogP contribution in [0.3, 0.4) is 0 Å². The first-order chi connectivity index (χ1) is 9.22. The molecule has 1 fully saturated rings. The summed E-state index contributed by atoms with van der Waals surface area (Å²) in [5.74, 6) is -0.476. The molecule has 2 rings (SSSR count). The first-order valence-electron chi connectivity index (χ1n) is 6.34. The maximum absolute atomic E-state index is 12.1. The molecule has 1 atom stereocenters. The Bertz CT molecular complexity index is 481. The lowest BCUT2D eigenvalue weighted by Crippen LogP contribution is -2.40. The summed E-state index contributed by atoms with van der Waals surface area (Å²) in [4.78, 5) is 25.2. The molecule has 0 aromatic heterocycles. The average Bonchev–Trinajstić information content (AvgIpc) is 2.94. The minimum absolute atomic E-state index is 0.142. The molecule has 0 aliphatic carbocycles. The van der Waals surface area contributed by atoms with Crippen LogP contribution in [0, 0.1) is 0 Å². The molecule has 1 aromatic carbocycles. The highest BCUT2D eigenvalue weighted by Crippen LogP contribution is 2.19. The van der Waals surface area contributed by atoms with Crippen LogP contribution in [0.4, 0.5) is 0 Å². The van der Waals surface area contributed by atoms with E-state index in [1.165, 1.54) is 13.2 Å². The van der Waals surface area contributed by atoms with Gasteiger partial charge in [0.25, 0.3) is 0 Å². The van der Waals surface area contributed by atoms with Crippen molar-refractivity contribution in [1.29, 1.82) is 0 Å². The Labute approximate surface area is 112 Å². The van der Waals surface area contributed by atoms with Crippen molar-refractivity contribution in [3.8, 4) is 0 Å². The van der Waals surface area contributed by atoms with E-state index in [0.717, 1.165) is 12.0 Å². The quantitative estimate of drug-likeness (QED) is 0.615. The molecule has 0 bridgehead atoms. The summed E-state index contributed by atoms with van der Waals surface area (Å²) in [5, 5.41) is 0. The molecule has 0 unspecified atom stereocenters. The van der Waals surface area contributed by atoms with Gasteiger partial charge in [-0.1, -0.05) is 30.3 Å². The number of methoxy groups -OCH3 is 1. The van der Waals surface area contributed by atoms with Crippen LogP contribution in [0.25, 0.3) is 6.08 Å². The van der Waals surface area contributed by atoms with E-state index in [0.29, 0.717) is 13.0 Å². The molecule has 1 heterocycles. The smallest absolute Gasteiger partial charge is 0.328 e. The van der Waals surface area contributed by atoms with Crippen molar-refractivity contribution in [2.45, 2.75) is 18.9 Å². The molecule has 1 aliphatic heterocycles. The maximum Gasteiger partial charge on any atom is 0.328 e. The van der Waals surface area contributed by atoms with Gasteiger partial charge in [0.2, 0.25) is 5.91 Å². The van der Waals surface area contributed by atoms with Gasteiger partial charge >= 0.3 is 5.97 Å². The highest BCUT2D eigenvalue weighted by Gasteiger charge is 2.33. The van der Waals surface area contributed by atoms with E-state index < -0.39 is 6.04 Å². The first-order valence-corrected chi connectivity index (χ1v) is 6.34. The number of benzene rings is 1. The second-order valence-corrected chi connectivity index (χ2v) is 4.46. The molecule has 1 saturated heterocycles. The normalized spacial score (nSPS) is 18.8. The van der Waals surface area contributed by atoms with Gasteiger partial charge in [0, 0.05) is 12.6 Å². The Balaban J connectivity index is 2.03. The lowest BCUT2D eigenvalue weighted by atomic mass is 10.2. The van der Waals surface area contributed by atoms with E-state index in [2.05, 4.69) is 0 Å². The number of carbonyl (C=O) groups is 2. The molecule has 0 N–H and O–H groups in total. The van der Waals surface area contributed by atoms with Crippen molar-refractivity contribution in [3.63, 3.8) is 0 Å². The van der Waals surface area contributed by atoms with Gasteiger partial charge in [0.05, 0.1) is 7.11 Å². The molecule has 1 amide bonds. The third kappa shape index (κ3) is 3.22. The van der Waals surface area contributed by atoms with E-state index in [1.54, 1.807) is 11.0 Å². The Morgan fingerprint density at radius 2 is 2.05 bits per heavy atom. The van der Waals surface area contributed by atoms with E-state index in [9.17, 15) is 9.59 Å². The summed E-state index contributed by atoms with van der Waals surface area (Å²) < 4.78 is 4.72. The number of nitrogens with zero attached hydrogens (tertiary/aromatic N) is 1. The fourth-order valence-electron chi connectivity index (χ4n) is 2.24. The van der Waals surface area contributed by atoms with Crippen molar-refractivity contribution in [1.82, 2.24) is 4.90 Å². The zero-order valence-corrected chi connectivity index (χ0v) is 10.9. The summed E-state index contributed by atoms with van der Waals surface area (Å²) in [6, 6.07) is 9.16. The standard InChI is InChI=1S/C15H17NO3/c1-19-15(18)13-8-5-11-16(13)14(17)10-9-12-6-3-2-4-7-12/h2-4,6-7,9-10,13H,5,8,11H2,1H3/b10-9+/t13-/m1/s1. The van der Waals surface area contributed by atoms with Gasteiger partial charge in [0.15, 0.2) is 0 Å². The number of amides is 1. The molecule has 1 aliphatic rings. The lowest BCUT2D eigenvalue weighted by molar-refractivity contribution is -0.149. The number of hydrogen-bond donors (Lipinski definition) is 0. The minimum Gasteiger partial charge on any atom is -0.467 e. The largest absolute Gasteiger partial charge is 0.467 e. The Kier molecular flexibility index (Phi) is 4.34. The van der Waals surface area contributed by atoms with Crippen molar-refractivity contribution in [2.75, 3.05) is 13.7 Å². The van der Waals surface area contributed by atoms with Crippen LogP contribution in [0.5, 0.6) is 0 Å². The highest BCUT2D eigenvalue weighted by atomic mass is 16.5. The average molecular weight is 259 g/mol. The number of carbonyl (C=O) groups excluding carboxylic acids is 2. The second-order valence-electron chi connectivity index (χ2n) is 4.46. The van der Waals surface area contributed by atoms with E-state index in [4.69, 9.17) is 4.74 Å². The van der Waals surface area contributed by atoms with E-state index >= 15 is 0 Å². The van der Waals surface area contributed by atoms with Crippen molar-refractivity contribution in [2.24, 2.45) is 0 Å². The van der Waals surface area contributed by atoms with Crippen LogP contribution in [-0.4, -0.2) is 36.5 Å². The van der Waals surface area contributed by atoms with Crippen molar-refractivity contribution in [3.05, 3.63) is 42.0 Å². The molecule has 0 spiro atoms. The van der Waals surface area contributed by atoms with Crippen LogP contribution in [0.1, 0.15) is 18.4 Å². The van der Waals surface area contributed by atoms with E-state index in [-0.39, 0.29) is 11.9 Å². The highest BCUT2D eigenvalue weighted by molar-refractivity contribution is 5.95. The van der Waals surface area contributed by atoms with Crippen molar-refractivity contribution < 1.29 is 14.3 Å². The molecular formula is C15H17NO3. The Morgan fingerprint density at radius 1 is 1.32 bits per heavy atom. The molecule has 1 aromatic rings. The van der Waals surface area contributed by atoms with E-state index in [1.807, 2.05) is 30.3 Å². The lowest BCUT2D eigenvalue weighted by Gasteiger charge is -2.20. The Hall–Kier alpha value is -2.10. The number of rotatable bonds is 3. The SMILES string of the molecule is COC(=O)[C@H]1CCCN1C(=O)/C=C/c1ccccc1. The van der Waals surface area contributed by atoms with Crippen LogP contribution in [0.2, 0.25) is 0 Å². The van der Waals surface area contributed by atoms with Crippen LogP contribution >= 0.6 is 0 Å². The van der Waals surface area contributed by atoms with Gasteiger partial charge in [-0.05, 0) is 24.5 Å². The summed E-state index contributed by atoms with van der Waals surface area (Å²) >= 11 is 0. The van der Waals surface area contributed by atoms with Crippen LogP contribution in [0.15, 0.2) is 36.4 Å². The fraction of sp³-hybridized carbons (Fsp3) is 0.333. The third-order valence-electron chi connectivity index (χ3n) is 3.23. The predicted octanol–water partition coefficient (Wildman–Crippen LogP) is 1.86. The van der Waals surface area contributed by atoms with Gasteiger partial charge in [-0.3, -0.25) is 4.79 Å². The van der Waals surface area contributed by atoms with Gasteiger partial charge in [-0.2, -0.15) is 0 Å². The van der Waals surface area contributed by atoms with Gasteiger partial charge in [-0.15, -0.1) is 0 Å². The number of hydrogen-bond acceptors (Lipinski definition) is 3. The molecule has 100 valence electrons. The summed E-state index contributed by atoms with van der Waals surface area (Å²) in [6.45, 7) is 0.609. The van der Waals surface area contributed by atoms with Gasteiger partial charge in [0.1, 0.15) is 6.04 Å². The molecule has 0 saturated carbocycles. The number of ether oxygens (including phenoxy) is 1. The topological polar surface area (TPSA) is 46.6 Å². The fourth-order valence-corrected chi connectivity index (χ4v) is 2.24. The first kappa shape index (κ1) is 13.3. The summed E-state index contributed by atoms with van der Waals surface area (Å²) in [5.41, 5.74) is 0.963. The molecule has 4 nitrogen and oxygen atoms in total. The number of likely N-dealkylation sites (tertiary alicyclic amines) is 1. The Morgan fingerprint density at radius 3 is 2.74 bits per heavy atom. The number of esters is 1. The maximum atomic E-state index is 12.1. The third-order valence-corrected chi connectivity index (χ3v) is 3.23. The minimum atomic E-state index is -0.432. The van der Waals surface area contributed by atoms with Crippen LogP contribution in [-0.2, 0) is 14.3 Å². The van der Waals surface area contributed by atoms with Gasteiger partial charge in [-0.25, -0.2) is 4.79 Å². The predicted molar refractivity (Wildman–Crippen MR) is 72.2 cm³/mol. The monoisotopic (exact) mass is 259 g/mol. The molecule has 19 heavy (non-hydrogen) atoms. The van der Waals surface area contributed by atoms with Gasteiger partial charge < -0.3 is 9.64 Å². The van der Waals surface area contributed by atoms with Crippen molar-refractivity contribution >= 4 is 18.0 Å². The second kappa shape index (κ2) is 6.18. The summed E-state index contributed by atoms with van der Waals surface area (Å²) in [6.07, 6.45) is 4.79. The zero-order chi connectivity index (χ0) is 13.7. The molecule has 4 heteroatoms. The molecular weight excluding hydrogens is 242 g/mol.